The first-order valence-electron chi connectivity index (χ1n) is 8.94. The lowest BCUT2D eigenvalue weighted by Gasteiger charge is -2.36. The van der Waals surface area contributed by atoms with Crippen LogP contribution in [0.3, 0.4) is 0 Å². The first-order chi connectivity index (χ1) is 13.3. The first-order valence-corrected chi connectivity index (χ1v) is 8.94. The fourth-order valence-corrected chi connectivity index (χ4v) is 3.40. The monoisotopic (exact) mass is 352 g/mol. The Kier molecular flexibility index (Phi) is 4.63. The maximum absolute atomic E-state index is 10.4. The molecule has 0 amide bonds. The Bertz CT molecular complexity index is 899. The summed E-state index contributed by atoms with van der Waals surface area (Å²) in [6, 6.07) is 37.4. The summed E-state index contributed by atoms with van der Waals surface area (Å²) < 4.78 is 6.64. The standard InChI is InChI=1S/C25H20O2/c26-23-18-10-11-19-24(23)27-25(20-12-4-1-5-13-20,21-14-6-2-7-15-21)22-16-8-3-9-17-22/h1-19,26H. The number of phenols is 1. The average Bonchev–Trinajstić information content (AvgIpc) is 2.75. The minimum atomic E-state index is -0.886. The van der Waals surface area contributed by atoms with Crippen molar-refractivity contribution in [2.24, 2.45) is 0 Å². The topological polar surface area (TPSA) is 29.5 Å². The van der Waals surface area contributed by atoms with Crippen LogP contribution in [-0.2, 0) is 5.60 Å². The number of ether oxygens (including phenoxy) is 1. The van der Waals surface area contributed by atoms with Crippen LogP contribution in [-0.4, -0.2) is 5.11 Å². The highest BCUT2D eigenvalue weighted by molar-refractivity contribution is 5.50. The van der Waals surface area contributed by atoms with Gasteiger partial charge in [0.25, 0.3) is 0 Å². The van der Waals surface area contributed by atoms with E-state index in [1.54, 1.807) is 18.2 Å². The lowest BCUT2D eigenvalue weighted by Crippen LogP contribution is -2.36. The lowest BCUT2D eigenvalue weighted by molar-refractivity contribution is 0.149. The first kappa shape index (κ1) is 16.9. The molecule has 27 heavy (non-hydrogen) atoms. The van der Waals surface area contributed by atoms with Gasteiger partial charge in [-0.05, 0) is 12.1 Å². The highest BCUT2D eigenvalue weighted by Gasteiger charge is 2.39. The average molecular weight is 352 g/mol. The number of aromatic hydroxyl groups is 1. The second kappa shape index (κ2) is 7.38. The van der Waals surface area contributed by atoms with Crippen molar-refractivity contribution in [2.75, 3.05) is 0 Å². The van der Waals surface area contributed by atoms with E-state index < -0.39 is 5.60 Å². The molecule has 0 unspecified atom stereocenters. The molecule has 0 aliphatic heterocycles. The van der Waals surface area contributed by atoms with E-state index in [4.69, 9.17) is 4.74 Å². The molecule has 0 fully saturated rings. The van der Waals surface area contributed by atoms with Crippen molar-refractivity contribution in [1.29, 1.82) is 0 Å². The number of benzene rings is 4. The minimum absolute atomic E-state index is 0.115. The van der Waals surface area contributed by atoms with E-state index in [2.05, 4.69) is 36.4 Å². The Morgan fingerprint density at radius 2 is 0.852 bits per heavy atom. The number of para-hydroxylation sites is 2. The molecule has 2 heteroatoms. The summed E-state index contributed by atoms with van der Waals surface area (Å²) >= 11 is 0. The number of hydrogen-bond acceptors (Lipinski definition) is 2. The molecule has 4 aromatic rings. The van der Waals surface area contributed by atoms with Gasteiger partial charge in [-0.3, -0.25) is 0 Å². The molecule has 0 aromatic heterocycles. The summed E-state index contributed by atoms with van der Waals surface area (Å²) in [5.74, 6) is 0.554. The van der Waals surface area contributed by atoms with Crippen molar-refractivity contribution in [2.45, 2.75) is 5.60 Å². The van der Waals surface area contributed by atoms with E-state index in [1.165, 1.54) is 0 Å². The molecule has 0 saturated heterocycles. The molecule has 1 N–H and O–H groups in total. The van der Waals surface area contributed by atoms with E-state index in [0.29, 0.717) is 5.75 Å². The molecule has 0 radical (unpaired) electrons. The molecular formula is C25H20O2. The Labute approximate surface area is 159 Å². The van der Waals surface area contributed by atoms with E-state index >= 15 is 0 Å². The smallest absolute Gasteiger partial charge is 0.184 e. The molecule has 0 saturated carbocycles. The zero-order chi connectivity index (χ0) is 18.5. The van der Waals surface area contributed by atoms with Crippen molar-refractivity contribution >= 4 is 0 Å². The van der Waals surface area contributed by atoms with Crippen molar-refractivity contribution in [1.82, 2.24) is 0 Å². The van der Waals surface area contributed by atoms with Crippen LogP contribution < -0.4 is 4.74 Å². The third kappa shape index (κ3) is 3.18. The van der Waals surface area contributed by atoms with Gasteiger partial charge in [-0.15, -0.1) is 0 Å². The van der Waals surface area contributed by atoms with Gasteiger partial charge in [0, 0.05) is 16.7 Å². The molecule has 0 aliphatic carbocycles. The van der Waals surface area contributed by atoms with Gasteiger partial charge in [-0.25, -0.2) is 0 Å². The quantitative estimate of drug-likeness (QED) is 0.463. The van der Waals surface area contributed by atoms with Gasteiger partial charge in [0.05, 0.1) is 0 Å². The Hall–Kier alpha value is -3.52. The van der Waals surface area contributed by atoms with Crippen molar-refractivity contribution < 1.29 is 9.84 Å². The van der Waals surface area contributed by atoms with E-state index in [-0.39, 0.29) is 5.75 Å². The van der Waals surface area contributed by atoms with Gasteiger partial charge in [-0.1, -0.05) is 103 Å². The summed E-state index contributed by atoms with van der Waals surface area (Å²) in [4.78, 5) is 0. The molecule has 4 rings (SSSR count). The summed E-state index contributed by atoms with van der Waals surface area (Å²) in [5.41, 5.74) is 2.09. The van der Waals surface area contributed by atoms with Gasteiger partial charge in [-0.2, -0.15) is 0 Å². The number of rotatable bonds is 5. The van der Waals surface area contributed by atoms with Crippen LogP contribution in [0.15, 0.2) is 115 Å². The highest BCUT2D eigenvalue weighted by atomic mass is 16.5. The Morgan fingerprint density at radius 1 is 0.481 bits per heavy atom. The fraction of sp³-hybridized carbons (Fsp3) is 0.0400. The Morgan fingerprint density at radius 3 is 1.26 bits per heavy atom. The molecule has 0 aliphatic rings. The van der Waals surface area contributed by atoms with Crippen LogP contribution in [0.1, 0.15) is 16.7 Å². The minimum Gasteiger partial charge on any atom is -0.504 e. The fourth-order valence-electron chi connectivity index (χ4n) is 3.40. The summed E-state index contributed by atoms with van der Waals surface area (Å²) in [5, 5.41) is 10.4. The molecular weight excluding hydrogens is 332 g/mol. The van der Waals surface area contributed by atoms with Gasteiger partial charge in [0.15, 0.2) is 17.1 Å². The molecule has 2 nitrogen and oxygen atoms in total. The summed E-state index contributed by atoms with van der Waals surface area (Å²) in [7, 11) is 0. The van der Waals surface area contributed by atoms with Crippen LogP contribution in [0, 0.1) is 0 Å². The zero-order valence-corrected chi connectivity index (χ0v) is 14.8. The second-order valence-electron chi connectivity index (χ2n) is 6.35. The van der Waals surface area contributed by atoms with Crippen LogP contribution in [0.4, 0.5) is 0 Å². The third-order valence-electron chi connectivity index (χ3n) is 4.67. The molecule has 0 atom stereocenters. The van der Waals surface area contributed by atoms with Gasteiger partial charge < -0.3 is 9.84 Å². The van der Waals surface area contributed by atoms with E-state index in [1.807, 2.05) is 60.7 Å². The van der Waals surface area contributed by atoms with Crippen molar-refractivity contribution in [3.05, 3.63) is 132 Å². The number of phenolic OH excluding ortho intramolecular Hbond substituents is 1. The third-order valence-corrected chi connectivity index (χ3v) is 4.67. The van der Waals surface area contributed by atoms with E-state index in [9.17, 15) is 5.11 Å². The van der Waals surface area contributed by atoms with Crippen LogP contribution >= 0.6 is 0 Å². The molecule has 4 aromatic carbocycles. The van der Waals surface area contributed by atoms with Crippen molar-refractivity contribution in [3.63, 3.8) is 0 Å². The molecule has 0 heterocycles. The summed E-state index contributed by atoms with van der Waals surface area (Å²) in [6.45, 7) is 0. The largest absolute Gasteiger partial charge is 0.504 e. The van der Waals surface area contributed by atoms with Crippen LogP contribution in [0.25, 0.3) is 0 Å². The molecule has 0 spiro atoms. The maximum Gasteiger partial charge on any atom is 0.184 e. The second-order valence-corrected chi connectivity index (χ2v) is 6.35. The van der Waals surface area contributed by atoms with Crippen LogP contribution in [0.2, 0.25) is 0 Å². The number of hydrogen-bond donors (Lipinski definition) is 1. The van der Waals surface area contributed by atoms with Crippen molar-refractivity contribution in [3.8, 4) is 11.5 Å². The van der Waals surface area contributed by atoms with Gasteiger partial charge >= 0.3 is 0 Å². The predicted octanol–water partition coefficient (Wildman–Crippen LogP) is 5.76. The van der Waals surface area contributed by atoms with E-state index in [0.717, 1.165) is 16.7 Å². The molecule has 132 valence electrons. The predicted molar refractivity (Wildman–Crippen MR) is 108 cm³/mol. The maximum atomic E-state index is 10.4. The van der Waals surface area contributed by atoms with Crippen LogP contribution in [0.5, 0.6) is 11.5 Å². The SMILES string of the molecule is Oc1ccccc1OC(c1ccccc1)(c1ccccc1)c1ccccc1. The lowest BCUT2D eigenvalue weighted by atomic mass is 9.80. The normalized spacial score (nSPS) is 11.1. The van der Waals surface area contributed by atoms with Gasteiger partial charge in [0.2, 0.25) is 0 Å². The zero-order valence-electron chi connectivity index (χ0n) is 14.8. The molecule has 0 bridgehead atoms. The Balaban J connectivity index is 2.02. The van der Waals surface area contributed by atoms with Gasteiger partial charge in [0.1, 0.15) is 0 Å². The summed E-state index contributed by atoms with van der Waals surface area (Å²) in [6.07, 6.45) is 0. The highest BCUT2D eigenvalue weighted by Crippen LogP contribution is 2.43.